The maximum atomic E-state index is 12.7. The van der Waals surface area contributed by atoms with E-state index in [9.17, 15) is 4.79 Å². The molecule has 0 saturated heterocycles. The average molecular weight is 324 g/mol. The monoisotopic (exact) mass is 324 g/mol. The summed E-state index contributed by atoms with van der Waals surface area (Å²) >= 11 is 3.14. The van der Waals surface area contributed by atoms with Gasteiger partial charge in [0.2, 0.25) is 0 Å². The maximum absolute atomic E-state index is 12.7. The van der Waals surface area contributed by atoms with Gasteiger partial charge in [0.25, 0.3) is 5.91 Å². The molecule has 2 rings (SSSR count). The fourth-order valence-corrected chi connectivity index (χ4v) is 3.94. The molecule has 1 amide bonds. The first kappa shape index (κ1) is 16.1. The van der Waals surface area contributed by atoms with Crippen LogP contribution in [0.25, 0.3) is 0 Å². The van der Waals surface area contributed by atoms with E-state index in [1.54, 1.807) is 16.2 Å². The van der Waals surface area contributed by atoms with E-state index in [1.165, 1.54) is 16.2 Å². The molecule has 114 valence electrons. The number of hydrogen-bond acceptors (Lipinski definition) is 5. The minimum absolute atomic E-state index is 0.0117. The Morgan fingerprint density at radius 2 is 2.05 bits per heavy atom. The largest absolute Gasteiger partial charge is 0.396 e. The number of thiophene rings is 1. The lowest BCUT2D eigenvalue weighted by molar-refractivity contribution is 0.0737. The number of amides is 1. The Morgan fingerprint density at radius 3 is 2.57 bits per heavy atom. The first-order valence-corrected chi connectivity index (χ1v) is 8.54. The predicted molar refractivity (Wildman–Crippen MR) is 87.1 cm³/mol. The van der Waals surface area contributed by atoms with Gasteiger partial charge in [0, 0.05) is 22.9 Å². The van der Waals surface area contributed by atoms with Crippen LogP contribution < -0.4 is 0 Å². The van der Waals surface area contributed by atoms with Gasteiger partial charge < -0.3 is 10.0 Å². The normalized spacial score (nSPS) is 10.9. The van der Waals surface area contributed by atoms with Gasteiger partial charge in [-0.3, -0.25) is 4.79 Å². The lowest BCUT2D eigenvalue weighted by Crippen LogP contribution is -2.31. The number of aromatic nitrogens is 1. The molecule has 0 aliphatic carbocycles. The van der Waals surface area contributed by atoms with Gasteiger partial charge in [-0.05, 0) is 39.3 Å². The van der Waals surface area contributed by atoms with Crippen LogP contribution in [0, 0.1) is 20.8 Å². The molecule has 0 aliphatic heterocycles. The molecule has 6 heteroatoms. The second-order valence-corrected chi connectivity index (χ2v) is 7.54. The van der Waals surface area contributed by atoms with Crippen molar-refractivity contribution in [2.24, 2.45) is 0 Å². The summed E-state index contributed by atoms with van der Waals surface area (Å²) in [5.41, 5.74) is 0.791. The molecule has 0 unspecified atom stereocenters. The number of carbonyl (C=O) groups is 1. The lowest BCUT2D eigenvalue weighted by Gasteiger charge is -2.21. The van der Waals surface area contributed by atoms with Gasteiger partial charge in [-0.2, -0.15) is 0 Å². The zero-order chi connectivity index (χ0) is 15.4. The number of rotatable bonds is 6. The molecule has 0 radical (unpaired) electrons. The van der Waals surface area contributed by atoms with Gasteiger partial charge in [-0.1, -0.05) is 0 Å². The van der Waals surface area contributed by atoms with Gasteiger partial charge >= 0.3 is 0 Å². The average Bonchev–Trinajstić information content (AvgIpc) is 2.99. The third kappa shape index (κ3) is 4.12. The Labute approximate surface area is 133 Å². The zero-order valence-electron chi connectivity index (χ0n) is 12.5. The summed E-state index contributed by atoms with van der Waals surface area (Å²) in [6.45, 7) is 7.08. The van der Waals surface area contributed by atoms with Crippen LogP contribution in [-0.2, 0) is 6.54 Å². The van der Waals surface area contributed by atoms with Crippen LogP contribution >= 0.6 is 22.7 Å². The third-order valence-electron chi connectivity index (χ3n) is 3.11. The van der Waals surface area contributed by atoms with Crippen LogP contribution in [0.3, 0.4) is 0 Å². The number of hydrogen-bond donors (Lipinski definition) is 1. The van der Waals surface area contributed by atoms with Gasteiger partial charge in [0.15, 0.2) is 0 Å². The zero-order valence-corrected chi connectivity index (χ0v) is 14.2. The quantitative estimate of drug-likeness (QED) is 0.888. The van der Waals surface area contributed by atoms with Crippen LogP contribution in [-0.4, -0.2) is 34.0 Å². The molecule has 0 atom stereocenters. The second-order valence-electron chi connectivity index (χ2n) is 4.96. The molecule has 0 aromatic carbocycles. The van der Waals surface area contributed by atoms with E-state index in [-0.39, 0.29) is 12.5 Å². The van der Waals surface area contributed by atoms with Crippen molar-refractivity contribution in [1.82, 2.24) is 9.88 Å². The molecule has 2 aromatic heterocycles. The molecule has 0 spiro atoms. The van der Waals surface area contributed by atoms with Crippen molar-refractivity contribution < 1.29 is 9.90 Å². The molecular weight excluding hydrogens is 304 g/mol. The third-order valence-corrected chi connectivity index (χ3v) is 5.16. The Morgan fingerprint density at radius 1 is 1.29 bits per heavy atom. The summed E-state index contributed by atoms with van der Waals surface area (Å²) in [5, 5.41) is 9.96. The summed E-state index contributed by atoms with van der Waals surface area (Å²) in [4.78, 5) is 22.0. The molecule has 21 heavy (non-hydrogen) atoms. The minimum atomic E-state index is 0.0117. The van der Waals surface area contributed by atoms with Crippen LogP contribution in [0.1, 0.15) is 36.5 Å². The molecule has 0 saturated carbocycles. The van der Waals surface area contributed by atoms with Crippen molar-refractivity contribution in [3.8, 4) is 0 Å². The molecule has 4 nitrogen and oxygen atoms in total. The molecule has 0 fully saturated rings. The maximum Gasteiger partial charge on any atom is 0.266 e. The number of nitrogens with zero attached hydrogens (tertiary/aromatic N) is 2. The number of aliphatic hydroxyl groups is 1. The smallest absolute Gasteiger partial charge is 0.266 e. The first-order chi connectivity index (χ1) is 10.0. The fourth-order valence-electron chi connectivity index (χ4n) is 2.15. The topological polar surface area (TPSA) is 53.4 Å². The van der Waals surface area contributed by atoms with Gasteiger partial charge in [-0.15, -0.1) is 22.7 Å². The van der Waals surface area contributed by atoms with Gasteiger partial charge in [0.05, 0.1) is 17.2 Å². The van der Waals surface area contributed by atoms with E-state index in [0.29, 0.717) is 24.4 Å². The van der Waals surface area contributed by atoms with E-state index >= 15 is 0 Å². The van der Waals surface area contributed by atoms with Crippen molar-refractivity contribution in [3.63, 3.8) is 0 Å². The molecule has 2 aromatic rings. The summed E-state index contributed by atoms with van der Waals surface area (Å²) in [6, 6.07) is 4.13. The summed E-state index contributed by atoms with van der Waals surface area (Å²) in [7, 11) is 0. The highest BCUT2D eigenvalue weighted by atomic mass is 32.1. The predicted octanol–water partition coefficient (Wildman–Crippen LogP) is 3.15. The van der Waals surface area contributed by atoms with E-state index in [2.05, 4.69) is 24.0 Å². The van der Waals surface area contributed by atoms with Gasteiger partial charge in [0.1, 0.15) is 4.88 Å². The van der Waals surface area contributed by atoms with Gasteiger partial charge in [-0.25, -0.2) is 4.98 Å². The molecule has 2 heterocycles. The van der Waals surface area contributed by atoms with Crippen molar-refractivity contribution in [1.29, 1.82) is 0 Å². The Bertz CT molecular complexity index is 619. The second kappa shape index (κ2) is 7.15. The van der Waals surface area contributed by atoms with E-state index in [4.69, 9.17) is 5.11 Å². The molecule has 0 aliphatic rings. The Hall–Kier alpha value is -1.24. The highest BCUT2D eigenvalue weighted by Gasteiger charge is 2.21. The standard InChI is InChI=1S/C15H20N2O2S2/c1-10-5-6-13(20-10)9-17(7-4-8-18)15(19)14-11(2)16-12(3)21-14/h5-6,18H,4,7-9H2,1-3H3. The highest BCUT2D eigenvalue weighted by molar-refractivity contribution is 7.13. The lowest BCUT2D eigenvalue weighted by atomic mass is 10.3. The number of aliphatic hydroxyl groups excluding tert-OH is 1. The highest BCUT2D eigenvalue weighted by Crippen LogP contribution is 2.22. The van der Waals surface area contributed by atoms with Crippen LogP contribution in [0.5, 0.6) is 0 Å². The molecule has 1 N–H and O–H groups in total. The van der Waals surface area contributed by atoms with Crippen LogP contribution in [0.2, 0.25) is 0 Å². The van der Waals surface area contributed by atoms with Crippen molar-refractivity contribution in [2.75, 3.05) is 13.2 Å². The van der Waals surface area contributed by atoms with E-state index < -0.39 is 0 Å². The van der Waals surface area contributed by atoms with Crippen LogP contribution in [0.15, 0.2) is 12.1 Å². The Kier molecular flexibility index (Phi) is 5.50. The van der Waals surface area contributed by atoms with Crippen LogP contribution in [0.4, 0.5) is 0 Å². The molecule has 0 bridgehead atoms. The van der Waals surface area contributed by atoms with Crippen molar-refractivity contribution in [3.05, 3.63) is 37.5 Å². The van der Waals surface area contributed by atoms with Crippen molar-refractivity contribution in [2.45, 2.75) is 33.7 Å². The summed E-state index contributed by atoms with van der Waals surface area (Å²) < 4.78 is 0. The first-order valence-electron chi connectivity index (χ1n) is 6.90. The van der Waals surface area contributed by atoms with Crippen molar-refractivity contribution >= 4 is 28.6 Å². The SMILES string of the molecule is Cc1ccc(CN(CCCO)C(=O)c2sc(C)nc2C)s1. The Balaban J connectivity index is 2.18. The van der Waals surface area contributed by atoms with E-state index in [1.807, 2.05) is 13.8 Å². The summed E-state index contributed by atoms with van der Waals surface area (Å²) in [5.74, 6) is 0.0117. The minimum Gasteiger partial charge on any atom is -0.396 e. The number of aryl methyl sites for hydroxylation is 3. The van der Waals surface area contributed by atoms with E-state index in [0.717, 1.165) is 15.6 Å². The summed E-state index contributed by atoms with van der Waals surface area (Å²) in [6.07, 6.45) is 0.590. The number of carbonyl (C=O) groups excluding carboxylic acids is 1. The fraction of sp³-hybridized carbons (Fsp3) is 0.467. The molecular formula is C15H20N2O2S2. The number of thiazole rings is 1.